The van der Waals surface area contributed by atoms with E-state index >= 15 is 0 Å². The molecule has 0 radical (unpaired) electrons. The summed E-state index contributed by atoms with van der Waals surface area (Å²) >= 11 is -1.78. The van der Waals surface area contributed by atoms with Gasteiger partial charge in [0, 0.05) is 0 Å². The van der Waals surface area contributed by atoms with Crippen LogP contribution >= 0.6 is 0 Å². The number of fused-ring (bicyclic) bond motifs is 3. The van der Waals surface area contributed by atoms with E-state index in [0.29, 0.717) is 5.92 Å². The Bertz CT molecular complexity index is 1030. The summed E-state index contributed by atoms with van der Waals surface area (Å²) in [7, 11) is 0. The molecule has 3 aliphatic rings. The largest absolute Gasteiger partial charge is 1.00 e. The molecule has 3 atom stereocenters. The van der Waals surface area contributed by atoms with Gasteiger partial charge in [-0.2, -0.15) is 0 Å². The second kappa shape index (κ2) is 10.9. The van der Waals surface area contributed by atoms with Gasteiger partial charge < -0.3 is 24.8 Å². The molecule has 0 bridgehead atoms. The summed E-state index contributed by atoms with van der Waals surface area (Å²) in [6, 6.07) is 14.6. The monoisotopic (exact) mass is 559 g/mol. The van der Waals surface area contributed by atoms with E-state index in [2.05, 4.69) is 81.6 Å². The van der Waals surface area contributed by atoms with E-state index in [1.165, 1.54) is 37.7 Å². The Balaban J connectivity index is 0.00000144. The molecule has 2 aromatic carbocycles. The molecule has 5 rings (SSSR count). The van der Waals surface area contributed by atoms with Gasteiger partial charge in [0.15, 0.2) is 0 Å². The molecular weight excluding hydrogens is 527 g/mol. The van der Waals surface area contributed by atoms with Crippen LogP contribution in [0, 0.1) is 5.92 Å². The summed E-state index contributed by atoms with van der Waals surface area (Å²) < 4.78 is 1.56. The number of aryl methyl sites for hydroxylation is 2. The molecule has 0 saturated heterocycles. The molecule has 32 heavy (non-hydrogen) atoms. The van der Waals surface area contributed by atoms with Gasteiger partial charge in [-0.15, -0.1) is 0 Å². The van der Waals surface area contributed by atoms with E-state index in [0.717, 1.165) is 7.25 Å². The van der Waals surface area contributed by atoms with Crippen molar-refractivity contribution in [1.82, 2.24) is 0 Å². The zero-order valence-corrected chi connectivity index (χ0v) is 24.9. The third kappa shape index (κ3) is 4.59. The standard InChI is InChI=1S/C17H21.C9H7.C2H7Si.2ClH.Zr/c1-3-5-12(2)16-9-8-15-10-13-6-4-7-14(13)11-17(15)16;1-2-5-9-7-3-6-8(9)4-1;1-3-2;;;/h8-12H,3-7H2,1-2H3;1-7H;3H,1-2H3;2*1H;/q;;;;;+2/p-2. The first-order valence-corrected chi connectivity index (χ1v) is 22.1. The number of allylic oxidation sites excluding steroid dienone is 3. The van der Waals surface area contributed by atoms with Crippen LogP contribution in [0.3, 0.4) is 0 Å². The third-order valence-electron chi connectivity index (χ3n) is 7.69. The Morgan fingerprint density at radius 2 is 1.72 bits per heavy atom. The van der Waals surface area contributed by atoms with Gasteiger partial charge >= 0.3 is 193 Å². The average molecular weight is 562 g/mol. The van der Waals surface area contributed by atoms with Crippen molar-refractivity contribution >= 4 is 17.6 Å². The van der Waals surface area contributed by atoms with E-state index in [9.17, 15) is 0 Å². The van der Waals surface area contributed by atoms with Gasteiger partial charge in [0.1, 0.15) is 0 Å². The van der Waals surface area contributed by atoms with Crippen molar-refractivity contribution in [2.75, 3.05) is 0 Å². The normalized spacial score (nSPS) is 20.7. The Hall–Kier alpha value is -0.400. The maximum atomic E-state index is 2.82. The van der Waals surface area contributed by atoms with Crippen LogP contribution in [-0.4, -0.2) is 5.92 Å². The Labute approximate surface area is 216 Å². The van der Waals surface area contributed by atoms with Crippen LogP contribution in [0.4, 0.5) is 0 Å². The minimum Gasteiger partial charge on any atom is -1.00 e. The zero-order chi connectivity index (χ0) is 20.8. The second-order valence-corrected chi connectivity index (χ2v) is 30.3. The maximum Gasteiger partial charge on any atom is -1.00 e. The molecule has 2 aromatic rings. The average Bonchev–Trinajstić information content (AvgIpc) is 3.44. The van der Waals surface area contributed by atoms with Gasteiger partial charge in [-0.05, 0) is 0 Å². The first-order chi connectivity index (χ1) is 14.6. The Kier molecular flexibility index (Phi) is 8.93. The number of benzene rings is 2. The second-order valence-electron chi connectivity index (χ2n) is 9.97. The van der Waals surface area contributed by atoms with Crippen molar-refractivity contribution in [2.45, 2.75) is 66.3 Å². The fraction of sp³-hybridized carbons (Fsp3) is 0.429. The van der Waals surface area contributed by atoms with Crippen LogP contribution in [0.5, 0.6) is 0 Å². The molecule has 0 aromatic heterocycles. The minimum atomic E-state index is -1.78. The van der Waals surface area contributed by atoms with Crippen molar-refractivity contribution in [1.29, 1.82) is 0 Å². The Morgan fingerprint density at radius 3 is 2.44 bits per heavy atom. The van der Waals surface area contributed by atoms with Crippen LogP contribution < -0.4 is 24.8 Å². The molecule has 3 unspecified atom stereocenters. The zero-order valence-electron chi connectivity index (χ0n) is 19.8. The summed E-state index contributed by atoms with van der Waals surface area (Å²) in [5, 5.41) is 0. The van der Waals surface area contributed by atoms with Crippen LogP contribution in [0.15, 0.2) is 48.6 Å². The molecule has 0 saturated carbocycles. The topological polar surface area (TPSA) is 0 Å². The molecule has 0 spiro atoms. The van der Waals surface area contributed by atoms with E-state index < -0.39 is 26.8 Å². The number of hydrogen-bond donors (Lipinski definition) is 0. The molecule has 0 amide bonds. The van der Waals surface area contributed by atoms with Crippen LogP contribution in [0.2, 0.25) is 13.1 Å². The van der Waals surface area contributed by atoms with Crippen LogP contribution in [-0.2, 0) is 33.8 Å². The minimum absolute atomic E-state index is 0. The number of rotatable bonds is 6. The van der Waals surface area contributed by atoms with E-state index in [4.69, 9.17) is 0 Å². The first kappa shape index (κ1) is 26.2. The van der Waals surface area contributed by atoms with Crippen molar-refractivity contribution in [2.24, 2.45) is 5.92 Å². The van der Waals surface area contributed by atoms with Gasteiger partial charge in [-0.25, -0.2) is 0 Å². The van der Waals surface area contributed by atoms with Crippen LogP contribution in [0.1, 0.15) is 73.7 Å². The summed E-state index contributed by atoms with van der Waals surface area (Å²) in [6.45, 7) is 10.2. The van der Waals surface area contributed by atoms with Gasteiger partial charge in [-0.1, -0.05) is 0 Å². The predicted molar refractivity (Wildman–Crippen MR) is 130 cm³/mol. The summed E-state index contributed by atoms with van der Waals surface area (Å²) in [6.07, 6.45) is 14.4. The molecule has 0 nitrogen and oxygen atoms in total. The van der Waals surface area contributed by atoms with Crippen LogP contribution in [0.25, 0.3) is 11.6 Å². The first-order valence-electron chi connectivity index (χ1n) is 12.1. The predicted octanol–water partition coefficient (Wildman–Crippen LogP) is 1.43. The third-order valence-corrected chi connectivity index (χ3v) is 29.1. The van der Waals surface area contributed by atoms with Crippen molar-refractivity contribution < 1.29 is 45.7 Å². The Morgan fingerprint density at radius 1 is 1.00 bits per heavy atom. The maximum absolute atomic E-state index is 2.82. The molecule has 0 heterocycles. The molecule has 4 heteroatoms. The quantitative estimate of drug-likeness (QED) is 0.469. The van der Waals surface area contributed by atoms with E-state index in [1.807, 2.05) is 0 Å². The molecule has 0 aliphatic heterocycles. The van der Waals surface area contributed by atoms with Crippen molar-refractivity contribution in [3.8, 4) is 0 Å². The number of halogens is 2. The van der Waals surface area contributed by atoms with E-state index in [-0.39, 0.29) is 24.8 Å². The van der Waals surface area contributed by atoms with Gasteiger partial charge in [0.2, 0.25) is 0 Å². The molecular formula is C28H35Cl2SiZr. The summed E-state index contributed by atoms with van der Waals surface area (Å²) in [5.41, 5.74) is 11.6. The summed E-state index contributed by atoms with van der Waals surface area (Å²) in [4.78, 5) is 0. The fourth-order valence-corrected chi connectivity index (χ4v) is 27.3. The fourth-order valence-electron chi connectivity index (χ4n) is 6.26. The van der Waals surface area contributed by atoms with Crippen molar-refractivity contribution in [3.63, 3.8) is 0 Å². The number of hydrogen-bond acceptors (Lipinski definition) is 0. The van der Waals surface area contributed by atoms with Gasteiger partial charge in [-0.3, -0.25) is 0 Å². The van der Waals surface area contributed by atoms with Gasteiger partial charge in [0.25, 0.3) is 0 Å². The molecule has 0 fully saturated rings. The summed E-state index contributed by atoms with van der Waals surface area (Å²) in [5.74, 6) is -0.00737. The van der Waals surface area contributed by atoms with E-state index in [1.54, 1.807) is 33.4 Å². The van der Waals surface area contributed by atoms with Crippen molar-refractivity contribution in [3.05, 3.63) is 81.9 Å². The SMILES string of the molecule is CCCC(C)C1=C[CH]([Zr+2]([CH]2C=Cc3ccccc32)[SiH](C)C)c2cc3c(cc21)CCC3.[Cl-].[Cl-]. The molecule has 169 valence electrons. The smallest absolute Gasteiger partial charge is 1.00 e. The molecule has 3 aliphatic carbocycles. The van der Waals surface area contributed by atoms with Gasteiger partial charge in [0.05, 0.1) is 0 Å². The molecule has 0 N–H and O–H groups in total.